The van der Waals surface area contributed by atoms with E-state index >= 15 is 0 Å². The number of carbonyl (C=O) groups is 2. The molecule has 0 unspecified atom stereocenters. The van der Waals surface area contributed by atoms with Gasteiger partial charge in [0.1, 0.15) is 11.9 Å². The van der Waals surface area contributed by atoms with Gasteiger partial charge in [-0.05, 0) is 91.4 Å². The van der Waals surface area contributed by atoms with Crippen molar-refractivity contribution < 1.29 is 9.59 Å². The van der Waals surface area contributed by atoms with E-state index in [1.54, 1.807) is 0 Å². The summed E-state index contributed by atoms with van der Waals surface area (Å²) in [6, 6.07) is 2.23. The minimum atomic E-state index is -0.571. The number of nitrogens with one attached hydrogen (secondary N) is 1. The lowest BCUT2D eigenvalue weighted by atomic mass is 9.32. The number of fused-ring (bicyclic) bond motifs is 7. The van der Waals surface area contributed by atoms with Crippen molar-refractivity contribution in [3.05, 3.63) is 11.6 Å². The second kappa shape index (κ2) is 7.31. The molecule has 0 bridgehead atoms. The van der Waals surface area contributed by atoms with E-state index in [4.69, 9.17) is 0 Å². The predicted molar refractivity (Wildman–Crippen MR) is 138 cm³/mol. The van der Waals surface area contributed by atoms with Gasteiger partial charge in [-0.1, -0.05) is 54.5 Å². The average Bonchev–Trinajstić information content (AvgIpc) is 2.77. The Kier molecular flexibility index (Phi) is 5.26. The number of hydrogen-bond acceptors (Lipinski definition) is 4. The number of carbonyl (C=O) groups excluding carboxylic acids is 2. The number of rotatable bonds is 1. The summed E-state index contributed by atoms with van der Waals surface area (Å²) in [6.07, 6.45) is 10.3. The van der Waals surface area contributed by atoms with Crippen LogP contribution in [-0.2, 0) is 9.59 Å². The van der Waals surface area contributed by atoms with Crippen LogP contribution in [0.5, 0.6) is 0 Å². The van der Waals surface area contributed by atoms with Crippen molar-refractivity contribution in [2.75, 3.05) is 7.05 Å². The first-order valence-corrected chi connectivity index (χ1v) is 14.0. The van der Waals surface area contributed by atoms with Gasteiger partial charge in [0.15, 0.2) is 5.78 Å². The molecule has 5 aliphatic carbocycles. The van der Waals surface area contributed by atoms with E-state index in [-0.39, 0.29) is 50.7 Å². The van der Waals surface area contributed by atoms with Gasteiger partial charge < -0.3 is 5.32 Å². The Labute approximate surface area is 212 Å². The molecule has 5 aliphatic rings. The first-order valence-electron chi connectivity index (χ1n) is 14.0. The normalized spacial score (nSPS) is 50.1. The molecule has 1 N–H and O–H groups in total. The maximum atomic E-state index is 14.4. The molecule has 0 aromatic rings. The first-order chi connectivity index (χ1) is 16.1. The lowest BCUT2D eigenvalue weighted by Gasteiger charge is -2.72. The van der Waals surface area contributed by atoms with Crippen LogP contribution >= 0.6 is 0 Å². The van der Waals surface area contributed by atoms with Gasteiger partial charge in [-0.25, -0.2) is 0 Å². The average molecular weight is 479 g/mol. The molecular formula is C31H46N2O2. The monoisotopic (exact) mass is 478 g/mol. The number of nitriles is 1. The Bertz CT molecular complexity index is 1050. The Morgan fingerprint density at radius 2 is 1.57 bits per heavy atom. The van der Waals surface area contributed by atoms with Crippen molar-refractivity contribution >= 4 is 11.6 Å². The van der Waals surface area contributed by atoms with Gasteiger partial charge in [0, 0.05) is 23.3 Å². The van der Waals surface area contributed by atoms with E-state index in [2.05, 4.69) is 53.1 Å². The van der Waals surface area contributed by atoms with Crippen molar-refractivity contribution in [3.63, 3.8) is 0 Å². The van der Waals surface area contributed by atoms with Crippen LogP contribution in [0.1, 0.15) is 99.8 Å². The van der Waals surface area contributed by atoms with E-state index in [0.717, 1.165) is 38.5 Å². The van der Waals surface area contributed by atoms with Gasteiger partial charge in [-0.3, -0.25) is 9.59 Å². The number of allylic oxidation sites excluding steroid dienone is 2. The molecule has 0 aliphatic heterocycles. The summed E-state index contributed by atoms with van der Waals surface area (Å²) in [5, 5.41) is 13.6. The molecule has 0 aromatic carbocycles. The highest BCUT2D eigenvalue weighted by Crippen LogP contribution is 2.74. The number of ketones is 2. The molecule has 192 valence electrons. The van der Waals surface area contributed by atoms with Crippen molar-refractivity contribution in [3.8, 4) is 6.07 Å². The molecule has 4 fully saturated rings. The van der Waals surface area contributed by atoms with Crippen molar-refractivity contribution in [2.24, 2.45) is 50.7 Å². The third kappa shape index (κ3) is 3.00. The van der Waals surface area contributed by atoms with Gasteiger partial charge in [0.05, 0.1) is 5.57 Å². The molecule has 0 amide bonds. The van der Waals surface area contributed by atoms with Gasteiger partial charge in [-0.15, -0.1) is 0 Å². The van der Waals surface area contributed by atoms with E-state index in [1.165, 1.54) is 6.42 Å². The summed E-state index contributed by atoms with van der Waals surface area (Å²) >= 11 is 0. The first kappa shape index (κ1) is 25.2. The largest absolute Gasteiger partial charge is 0.314 e. The molecule has 0 spiro atoms. The van der Waals surface area contributed by atoms with E-state index < -0.39 is 5.41 Å². The van der Waals surface area contributed by atoms with Crippen LogP contribution in [0, 0.1) is 62.1 Å². The molecule has 4 saturated carbocycles. The summed E-state index contributed by atoms with van der Waals surface area (Å²) in [5.41, 5.74) is -0.294. The maximum absolute atomic E-state index is 14.4. The highest BCUT2D eigenvalue weighted by molar-refractivity contribution is 6.04. The van der Waals surface area contributed by atoms with Crippen LogP contribution in [0.3, 0.4) is 0 Å². The van der Waals surface area contributed by atoms with Crippen LogP contribution in [0.15, 0.2) is 11.6 Å². The zero-order chi connectivity index (χ0) is 25.8. The molecule has 35 heavy (non-hydrogen) atoms. The summed E-state index contributed by atoms with van der Waals surface area (Å²) in [7, 11) is 2.12. The molecule has 4 heteroatoms. The highest BCUT2D eigenvalue weighted by atomic mass is 16.1. The molecule has 0 heterocycles. The molecule has 5 rings (SSSR count). The maximum Gasteiger partial charge on any atom is 0.178 e. The summed E-state index contributed by atoms with van der Waals surface area (Å²) < 4.78 is 0. The van der Waals surface area contributed by atoms with Gasteiger partial charge in [-0.2, -0.15) is 5.26 Å². The van der Waals surface area contributed by atoms with Gasteiger partial charge in [0.25, 0.3) is 0 Å². The van der Waals surface area contributed by atoms with E-state index in [1.807, 2.05) is 19.9 Å². The summed E-state index contributed by atoms with van der Waals surface area (Å²) in [4.78, 5) is 27.6. The van der Waals surface area contributed by atoms with Crippen molar-refractivity contribution in [1.29, 1.82) is 5.26 Å². The molecule has 0 saturated heterocycles. The van der Waals surface area contributed by atoms with Crippen molar-refractivity contribution in [1.82, 2.24) is 5.32 Å². The summed E-state index contributed by atoms with van der Waals surface area (Å²) in [5.74, 6) is 1.22. The van der Waals surface area contributed by atoms with Crippen LogP contribution in [0.25, 0.3) is 0 Å². The fourth-order valence-electron chi connectivity index (χ4n) is 10.7. The lowest BCUT2D eigenvalue weighted by Crippen LogP contribution is -2.71. The lowest BCUT2D eigenvalue weighted by molar-refractivity contribution is -0.215. The Hall–Kier alpha value is -1.47. The second-order valence-electron chi connectivity index (χ2n) is 15.1. The fourth-order valence-corrected chi connectivity index (χ4v) is 10.7. The van der Waals surface area contributed by atoms with E-state index in [9.17, 15) is 14.9 Å². The molecule has 8 atom stereocenters. The SMILES string of the molecule is CN[C@]12CCC(C)(C)C[C@H]1[C@H]1C(=O)C[C@@H]3[C@@]4(C)C=C(C#N)C(=O)C(C)(C)[C@@H]4CC[C@@]3(C)[C@]1(C)CC2. The zero-order valence-electron chi connectivity index (χ0n) is 23.3. The van der Waals surface area contributed by atoms with Crippen LogP contribution in [0.2, 0.25) is 0 Å². The van der Waals surface area contributed by atoms with Gasteiger partial charge >= 0.3 is 0 Å². The van der Waals surface area contributed by atoms with Crippen LogP contribution in [0.4, 0.5) is 0 Å². The van der Waals surface area contributed by atoms with Crippen LogP contribution in [-0.4, -0.2) is 24.2 Å². The van der Waals surface area contributed by atoms with E-state index in [0.29, 0.717) is 23.7 Å². The quantitative estimate of drug-likeness (QED) is 0.483. The smallest absolute Gasteiger partial charge is 0.178 e. The van der Waals surface area contributed by atoms with Crippen LogP contribution < -0.4 is 5.32 Å². The van der Waals surface area contributed by atoms with Gasteiger partial charge in [0.2, 0.25) is 0 Å². The predicted octanol–water partition coefficient (Wildman–Crippen LogP) is 6.26. The third-order valence-electron chi connectivity index (χ3n) is 13.0. The fraction of sp³-hybridized carbons (Fsp3) is 0.839. The highest BCUT2D eigenvalue weighted by Gasteiger charge is 2.72. The number of Topliss-reactive ketones (excluding diaryl/α,β-unsaturated/α-hetero) is 2. The number of nitrogens with zero attached hydrogens (tertiary/aromatic N) is 1. The third-order valence-corrected chi connectivity index (χ3v) is 13.0. The molecule has 0 radical (unpaired) electrons. The summed E-state index contributed by atoms with van der Waals surface area (Å²) in [6.45, 7) is 16.0. The molecular weight excluding hydrogens is 432 g/mol. The Morgan fingerprint density at radius 1 is 0.914 bits per heavy atom. The molecule has 4 nitrogen and oxygen atoms in total. The minimum Gasteiger partial charge on any atom is -0.314 e. The number of hydrogen-bond donors (Lipinski definition) is 1. The second-order valence-corrected chi connectivity index (χ2v) is 15.1. The Balaban J connectivity index is 1.63. The molecule has 0 aromatic heterocycles. The standard InChI is InChI=1S/C31H46N2O2/c1-26(2)11-13-31(33-8)14-12-30(7)24(20(31)17-26)21(34)15-23-28(5)16-19(18-32)25(35)27(3,4)22(28)9-10-29(23,30)6/h16,20,22-24,33H,9-15,17H2,1-8H3/t20-,22-,23+,24-,28-,29+,30+,31-/m0/s1. The minimum absolute atomic E-state index is 0.00580. The van der Waals surface area contributed by atoms with Crippen molar-refractivity contribution in [2.45, 2.75) is 105 Å². The Morgan fingerprint density at radius 3 is 2.20 bits per heavy atom. The zero-order valence-corrected chi connectivity index (χ0v) is 23.3. The topological polar surface area (TPSA) is 70.0 Å².